The first-order valence-corrected chi connectivity index (χ1v) is 4.55. The van der Waals surface area contributed by atoms with Gasteiger partial charge in [-0.15, -0.1) is 0 Å². The molecule has 0 saturated heterocycles. The molecule has 0 aliphatic rings. The lowest BCUT2D eigenvalue weighted by atomic mass is 10.0. The van der Waals surface area contributed by atoms with Gasteiger partial charge in [-0.2, -0.15) is 0 Å². The van der Waals surface area contributed by atoms with Crippen LogP contribution in [-0.4, -0.2) is 13.2 Å². The molecule has 0 aliphatic carbocycles. The van der Waals surface area contributed by atoms with Crippen molar-refractivity contribution < 1.29 is 13.2 Å². The van der Waals surface area contributed by atoms with E-state index < -0.39 is 18.3 Å². The monoisotopic (exact) mass is 215 g/mol. The Morgan fingerprint density at radius 1 is 1.33 bits per heavy atom. The molecular formula is C11H12F3N. The Morgan fingerprint density at radius 3 is 2.67 bits per heavy atom. The Kier molecular flexibility index (Phi) is 4.37. The van der Waals surface area contributed by atoms with E-state index in [9.17, 15) is 13.2 Å². The van der Waals surface area contributed by atoms with Crippen LogP contribution in [0.25, 0.3) is 0 Å². The minimum Gasteiger partial charge on any atom is -0.327 e. The van der Waals surface area contributed by atoms with Crippen LogP contribution in [0.5, 0.6) is 0 Å². The number of hydrogen-bond donors (Lipinski definition) is 1. The van der Waals surface area contributed by atoms with E-state index in [1.807, 2.05) is 0 Å². The van der Waals surface area contributed by atoms with E-state index in [0.29, 0.717) is 5.57 Å². The zero-order valence-corrected chi connectivity index (χ0v) is 8.14. The van der Waals surface area contributed by atoms with Crippen LogP contribution in [-0.2, 0) is 6.42 Å². The average Bonchev–Trinajstić information content (AvgIpc) is 2.22. The Labute approximate surface area is 86.4 Å². The van der Waals surface area contributed by atoms with Gasteiger partial charge < -0.3 is 5.73 Å². The van der Waals surface area contributed by atoms with E-state index in [-0.39, 0.29) is 18.5 Å². The molecule has 0 radical (unpaired) electrons. The van der Waals surface area contributed by atoms with Crippen molar-refractivity contribution in [3.63, 3.8) is 0 Å². The second kappa shape index (κ2) is 5.56. The third-order valence-electron chi connectivity index (χ3n) is 2.05. The molecule has 1 rings (SSSR count). The molecule has 0 fully saturated rings. The molecule has 1 aromatic rings. The van der Waals surface area contributed by atoms with Gasteiger partial charge >= 0.3 is 0 Å². The van der Waals surface area contributed by atoms with Crippen LogP contribution in [0.2, 0.25) is 0 Å². The largest absolute Gasteiger partial charge is 0.327 e. The van der Waals surface area contributed by atoms with Crippen LogP contribution in [0.15, 0.2) is 29.8 Å². The second-order valence-electron chi connectivity index (χ2n) is 3.13. The number of halogens is 3. The van der Waals surface area contributed by atoms with Crippen molar-refractivity contribution >= 4 is 0 Å². The van der Waals surface area contributed by atoms with Gasteiger partial charge in [-0.25, -0.2) is 13.2 Å². The zero-order valence-electron chi connectivity index (χ0n) is 8.14. The molecule has 0 aliphatic heterocycles. The zero-order chi connectivity index (χ0) is 11.3. The molecule has 0 unspecified atom stereocenters. The van der Waals surface area contributed by atoms with E-state index in [1.54, 1.807) is 0 Å². The minimum atomic E-state index is -0.649. The Balaban J connectivity index is 2.87. The maximum absolute atomic E-state index is 13.2. The number of benzene rings is 1. The topological polar surface area (TPSA) is 26.0 Å². The van der Waals surface area contributed by atoms with Gasteiger partial charge in [-0.1, -0.05) is 11.6 Å². The van der Waals surface area contributed by atoms with E-state index >= 15 is 0 Å². The highest BCUT2D eigenvalue weighted by atomic mass is 19.1. The number of allylic oxidation sites excluding steroid dienone is 1. The fourth-order valence-corrected chi connectivity index (χ4v) is 1.26. The summed E-state index contributed by atoms with van der Waals surface area (Å²) in [6.07, 6.45) is 1.42. The molecule has 0 spiro atoms. The van der Waals surface area contributed by atoms with E-state index in [2.05, 4.69) is 0 Å². The molecule has 0 saturated carbocycles. The van der Waals surface area contributed by atoms with E-state index in [1.165, 1.54) is 6.08 Å². The van der Waals surface area contributed by atoms with Gasteiger partial charge in [-0.05, 0) is 30.2 Å². The standard InChI is InChI=1S/C11H12F3N/c12-4-3-8(7-15)5-9-6-10(13)1-2-11(9)14/h1-3,6H,4-5,7,15H2/b8-3-. The molecule has 82 valence electrons. The SMILES string of the molecule is NC/C(=C\CF)Cc1cc(F)ccc1F. The highest BCUT2D eigenvalue weighted by Crippen LogP contribution is 2.13. The summed E-state index contributed by atoms with van der Waals surface area (Å²) in [4.78, 5) is 0. The minimum absolute atomic E-state index is 0.139. The van der Waals surface area contributed by atoms with Crippen molar-refractivity contribution in [2.24, 2.45) is 5.73 Å². The molecule has 15 heavy (non-hydrogen) atoms. The Morgan fingerprint density at radius 2 is 2.07 bits per heavy atom. The molecule has 0 aromatic heterocycles. The molecule has 2 N–H and O–H groups in total. The van der Waals surface area contributed by atoms with E-state index in [0.717, 1.165) is 18.2 Å². The van der Waals surface area contributed by atoms with Gasteiger partial charge in [0.05, 0.1) is 0 Å². The fraction of sp³-hybridized carbons (Fsp3) is 0.273. The highest BCUT2D eigenvalue weighted by molar-refractivity contribution is 5.25. The van der Waals surface area contributed by atoms with Gasteiger partial charge in [0.2, 0.25) is 0 Å². The Hall–Kier alpha value is -1.29. The van der Waals surface area contributed by atoms with Crippen molar-refractivity contribution in [2.45, 2.75) is 6.42 Å². The van der Waals surface area contributed by atoms with Gasteiger partial charge in [0.25, 0.3) is 0 Å². The molecule has 1 nitrogen and oxygen atoms in total. The smallest absolute Gasteiger partial charge is 0.126 e. The first-order chi connectivity index (χ1) is 7.17. The molecule has 0 atom stereocenters. The van der Waals surface area contributed by atoms with Crippen LogP contribution in [0.4, 0.5) is 13.2 Å². The fourth-order valence-electron chi connectivity index (χ4n) is 1.26. The predicted molar refractivity (Wildman–Crippen MR) is 53.2 cm³/mol. The normalized spacial score (nSPS) is 11.9. The lowest BCUT2D eigenvalue weighted by molar-refractivity contribution is 0.557. The lowest BCUT2D eigenvalue weighted by Gasteiger charge is -2.05. The molecule has 0 bridgehead atoms. The van der Waals surface area contributed by atoms with Crippen LogP contribution < -0.4 is 5.73 Å². The summed E-state index contributed by atoms with van der Waals surface area (Å²) in [7, 11) is 0. The first-order valence-electron chi connectivity index (χ1n) is 4.55. The summed E-state index contributed by atoms with van der Waals surface area (Å²) in [5.74, 6) is -1.02. The maximum Gasteiger partial charge on any atom is 0.126 e. The quantitative estimate of drug-likeness (QED) is 0.766. The molecule has 1 aromatic carbocycles. The van der Waals surface area contributed by atoms with Crippen molar-refractivity contribution in [2.75, 3.05) is 13.2 Å². The Bertz CT molecular complexity index is 361. The van der Waals surface area contributed by atoms with Gasteiger partial charge in [0.1, 0.15) is 18.3 Å². The van der Waals surface area contributed by atoms with Crippen molar-refractivity contribution in [1.29, 1.82) is 0 Å². The van der Waals surface area contributed by atoms with Crippen molar-refractivity contribution in [3.8, 4) is 0 Å². The van der Waals surface area contributed by atoms with Crippen molar-refractivity contribution in [1.82, 2.24) is 0 Å². The van der Waals surface area contributed by atoms with Crippen LogP contribution in [0, 0.1) is 11.6 Å². The molecule has 0 heterocycles. The highest BCUT2D eigenvalue weighted by Gasteiger charge is 2.05. The van der Waals surface area contributed by atoms with Gasteiger partial charge in [0, 0.05) is 6.54 Å². The van der Waals surface area contributed by atoms with Crippen LogP contribution >= 0.6 is 0 Å². The number of hydrogen-bond acceptors (Lipinski definition) is 1. The third-order valence-corrected chi connectivity index (χ3v) is 2.05. The van der Waals surface area contributed by atoms with Crippen LogP contribution in [0.1, 0.15) is 5.56 Å². The summed E-state index contributed by atoms with van der Waals surface area (Å²) in [5, 5.41) is 0. The number of nitrogens with two attached hydrogens (primary N) is 1. The molecular weight excluding hydrogens is 203 g/mol. The number of alkyl halides is 1. The lowest BCUT2D eigenvalue weighted by Crippen LogP contribution is -2.07. The summed E-state index contributed by atoms with van der Waals surface area (Å²) in [5.41, 5.74) is 6.10. The summed E-state index contributed by atoms with van der Waals surface area (Å²) in [6.45, 7) is -0.511. The molecule has 0 amide bonds. The average molecular weight is 215 g/mol. The number of rotatable bonds is 4. The first kappa shape index (κ1) is 11.8. The predicted octanol–water partition coefficient (Wildman–Crippen LogP) is 2.36. The summed E-state index contributed by atoms with van der Waals surface area (Å²) >= 11 is 0. The van der Waals surface area contributed by atoms with Gasteiger partial charge in [0.15, 0.2) is 0 Å². The maximum atomic E-state index is 13.2. The third kappa shape index (κ3) is 3.40. The van der Waals surface area contributed by atoms with E-state index in [4.69, 9.17) is 5.73 Å². The summed E-state index contributed by atoms with van der Waals surface area (Å²) < 4.78 is 38.0. The van der Waals surface area contributed by atoms with Crippen molar-refractivity contribution in [3.05, 3.63) is 47.0 Å². The molecule has 4 heteroatoms. The summed E-state index contributed by atoms with van der Waals surface area (Å²) in [6, 6.07) is 3.19. The second-order valence-corrected chi connectivity index (χ2v) is 3.13. The van der Waals surface area contributed by atoms with Crippen LogP contribution in [0.3, 0.4) is 0 Å². The van der Waals surface area contributed by atoms with Gasteiger partial charge in [-0.3, -0.25) is 0 Å².